The number of methoxy groups -OCH3 is 1. The van der Waals surface area contributed by atoms with Crippen LogP contribution in [-0.4, -0.2) is 34.2 Å². The molecule has 0 saturated carbocycles. The van der Waals surface area contributed by atoms with Gasteiger partial charge in [-0.2, -0.15) is 4.98 Å². The Labute approximate surface area is 166 Å². The Morgan fingerprint density at radius 3 is 2.66 bits per heavy atom. The van der Waals surface area contributed by atoms with Crippen molar-refractivity contribution < 1.29 is 13.9 Å². The predicted molar refractivity (Wildman–Crippen MR) is 105 cm³/mol. The van der Waals surface area contributed by atoms with Gasteiger partial charge in [0.2, 0.25) is 11.9 Å². The van der Waals surface area contributed by atoms with Crippen LogP contribution in [0.4, 0.5) is 10.3 Å². The van der Waals surface area contributed by atoms with E-state index in [1.165, 1.54) is 12.1 Å². The van der Waals surface area contributed by atoms with E-state index in [1.54, 1.807) is 19.2 Å². The minimum Gasteiger partial charge on any atom is -0.497 e. The van der Waals surface area contributed by atoms with E-state index in [-0.39, 0.29) is 23.7 Å². The van der Waals surface area contributed by atoms with Crippen LogP contribution in [0.15, 0.2) is 48.5 Å². The highest BCUT2D eigenvalue weighted by molar-refractivity contribution is 5.93. The monoisotopic (exact) mass is 396 g/mol. The molecular formula is C20H21FN6O2. The van der Waals surface area contributed by atoms with E-state index < -0.39 is 6.04 Å². The molecule has 0 spiro atoms. The molecule has 0 radical (unpaired) electrons. The molecule has 9 heteroatoms. The van der Waals surface area contributed by atoms with Gasteiger partial charge in [0.25, 0.3) is 0 Å². The fraction of sp³-hybridized carbons (Fsp3) is 0.250. The van der Waals surface area contributed by atoms with Crippen molar-refractivity contribution >= 4 is 11.9 Å². The van der Waals surface area contributed by atoms with Crippen LogP contribution < -0.4 is 20.9 Å². The van der Waals surface area contributed by atoms with Crippen LogP contribution in [0.3, 0.4) is 0 Å². The number of aromatic amines is 1. The Hall–Kier alpha value is -3.30. The van der Waals surface area contributed by atoms with Crippen molar-refractivity contribution in [1.82, 2.24) is 26.0 Å². The van der Waals surface area contributed by atoms with E-state index in [0.29, 0.717) is 18.7 Å². The lowest BCUT2D eigenvalue weighted by molar-refractivity contribution is -0.117. The number of benzene rings is 2. The molecule has 29 heavy (non-hydrogen) atoms. The van der Waals surface area contributed by atoms with Crippen molar-refractivity contribution in [2.24, 2.45) is 0 Å². The van der Waals surface area contributed by atoms with Gasteiger partial charge >= 0.3 is 0 Å². The van der Waals surface area contributed by atoms with E-state index in [1.807, 2.05) is 24.3 Å². The Balaban J connectivity index is 1.32. The summed E-state index contributed by atoms with van der Waals surface area (Å²) in [5.74, 6) is 1.07. The molecule has 1 saturated heterocycles. The minimum absolute atomic E-state index is 0.0119. The second-order valence-corrected chi connectivity index (χ2v) is 6.80. The summed E-state index contributed by atoms with van der Waals surface area (Å²) in [6.07, 6.45) is 1.05. The topological polar surface area (TPSA) is 104 Å². The molecule has 0 bridgehead atoms. The highest BCUT2D eigenvalue weighted by atomic mass is 19.1. The maximum Gasteiger partial charge on any atom is 0.248 e. The number of aromatic nitrogens is 3. The first-order valence-electron chi connectivity index (χ1n) is 9.22. The molecule has 150 valence electrons. The largest absolute Gasteiger partial charge is 0.497 e. The van der Waals surface area contributed by atoms with Gasteiger partial charge in [-0.15, -0.1) is 5.10 Å². The third-order valence-corrected chi connectivity index (χ3v) is 4.79. The second kappa shape index (κ2) is 8.38. The van der Waals surface area contributed by atoms with Gasteiger partial charge in [-0.25, -0.2) is 15.2 Å². The standard InChI is InChI=1S/C20H21FN6O2/c1-29-15-8-4-13(5-9-15)16-11-17(25-24-16)19(28)23-20-22-18(26-27-20)10-12-2-6-14(21)7-3-12/h2-9,16-17,24-25H,10-11H2,1H3,(H2,22,23,26,27,28). The van der Waals surface area contributed by atoms with Gasteiger partial charge in [0.15, 0.2) is 0 Å². The Kier molecular flexibility index (Phi) is 5.50. The maximum atomic E-state index is 13.0. The van der Waals surface area contributed by atoms with Crippen LogP contribution in [0.2, 0.25) is 0 Å². The van der Waals surface area contributed by atoms with E-state index >= 15 is 0 Å². The Morgan fingerprint density at radius 2 is 1.93 bits per heavy atom. The number of anilines is 1. The van der Waals surface area contributed by atoms with Crippen LogP contribution in [-0.2, 0) is 11.2 Å². The van der Waals surface area contributed by atoms with Gasteiger partial charge < -0.3 is 4.74 Å². The molecule has 2 unspecified atom stereocenters. The van der Waals surface area contributed by atoms with Crippen molar-refractivity contribution in [2.75, 3.05) is 12.4 Å². The quantitative estimate of drug-likeness (QED) is 0.509. The zero-order valence-electron chi connectivity index (χ0n) is 15.8. The normalized spacial score (nSPS) is 18.6. The molecule has 2 heterocycles. The highest BCUT2D eigenvalue weighted by Gasteiger charge is 2.30. The SMILES string of the molecule is COc1ccc(C2CC(C(=O)Nc3n[nH]c(Cc4ccc(F)cc4)n3)NN2)cc1. The Morgan fingerprint density at radius 1 is 1.17 bits per heavy atom. The number of rotatable bonds is 6. The van der Waals surface area contributed by atoms with E-state index in [9.17, 15) is 9.18 Å². The first-order chi connectivity index (χ1) is 14.1. The molecule has 8 nitrogen and oxygen atoms in total. The summed E-state index contributed by atoms with van der Waals surface area (Å²) in [5, 5.41) is 9.54. The minimum atomic E-state index is -0.416. The van der Waals surface area contributed by atoms with Gasteiger partial charge in [-0.05, 0) is 41.8 Å². The summed E-state index contributed by atoms with van der Waals surface area (Å²) in [6, 6.07) is 13.5. The van der Waals surface area contributed by atoms with Gasteiger partial charge in [0.05, 0.1) is 7.11 Å². The van der Waals surface area contributed by atoms with E-state index in [2.05, 4.69) is 31.3 Å². The van der Waals surface area contributed by atoms with Gasteiger partial charge in [-0.3, -0.25) is 15.2 Å². The number of carbonyl (C=O) groups is 1. The molecule has 0 aliphatic carbocycles. The molecule has 2 aromatic carbocycles. The molecule has 1 aliphatic heterocycles. The smallest absolute Gasteiger partial charge is 0.248 e. The number of ether oxygens (including phenoxy) is 1. The van der Waals surface area contributed by atoms with Crippen LogP contribution in [0.25, 0.3) is 0 Å². The number of nitrogens with zero attached hydrogens (tertiary/aromatic N) is 2. The summed E-state index contributed by atoms with van der Waals surface area (Å²) in [5.41, 5.74) is 8.11. The molecule has 2 atom stereocenters. The van der Waals surface area contributed by atoms with Crippen molar-refractivity contribution in [3.05, 3.63) is 71.3 Å². The fourth-order valence-electron chi connectivity index (χ4n) is 3.21. The van der Waals surface area contributed by atoms with Crippen LogP contribution in [0.1, 0.15) is 29.4 Å². The zero-order valence-corrected chi connectivity index (χ0v) is 15.8. The van der Waals surface area contributed by atoms with Crippen LogP contribution in [0, 0.1) is 5.82 Å². The zero-order chi connectivity index (χ0) is 20.2. The molecule has 3 aromatic rings. The second-order valence-electron chi connectivity index (χ2n) is 6.80. The van der Waals surface area contributed by atoms with Crippen LogP contribution in [0.5, 0.6) is 5.75 Å². The van der Waals surface area contributed by atoms with Gasteiger partial charge in [0, 0.05) is 12.5 Å². The first-order valence-corrected chi connectivity index (χ1v) is 9.22. The van der Waals surface area contributed by atoms with Gasteiger partial charge in [-0.1, -0.05) is 24.3 Å². The van der Waals surface area contributed by atoms with Crippen molar-refractivity contribution in [1.29, 1.82) is 0 Å². The Bertz CT molecular complexity index is 973. The number of carbonyl (C=O) groups excluding carboxylic acids is 1. The fourth-order valence-corrected chi connectivity index (χ4v) is 3.21. The summed E-state index contributed by atoms with van der Waals surface area (Å²) in [7, 11) is 1.62. The number of hydrogen-bond donors (Lipinski definition) is 4. The highest BCUT2D eigenvalue weighted by Crippen LogP contribution is 2.24. The molecule has 4 N–H and O–H groups in total. The van der Waals surface area contributed by atoms with Crippen LogP contribution >= 0.6 is 0 Å². The lowest BCUT2D eigenvalue weighted by Crippen LogP contribution is -2.39. The molecule has 1 aliphatic rings. The maximum absolute atomic E-state index is 13.0. The molecule has 1 aromatic heterocycles. The summed E-state index contributed by atoms with van der Waals surface area (Å²) >= 11 is 0. The number of H-pyrrole nitrogens is 1. The third kappa shape index (κ3) is 4.58. The average Bonchev–Trinajstić information content (AvgIpc) is 3.40. The molecule has 1 amide bonds. The number of halogens is 1. The summed E-state index contributed by atoms with van der Waals surface area (Å²) in [4.78, 5) is 16.8. The van der Waals surface area contributed by atoms with Crippen molar-refractivity contribution in [2.45, 2.75) is 24.9 Å². The molecular weight excluding hydrogens is 375 g/mol. The molecule has 4 rings (SSSR count). The third-order valence-electron chi connectivity index (χ3n) is 4.79. The lowest BCUT2D eigenvalue weighted by atomic mass is 10.0. The van der Waals surface area contributed by atoms with Crippen molar-refractivity contribution in [3.8, 4) is 5.75 Å². The summed E-state index contributed by atoms with van der Waals surface area (Å²) < 4.78 is 18.2. The number of nitrogens with one attached hydrogen (secondary N) is 4. The predicted octanol–water partition coefficient (Wildman–Crippen LogP) is 2.09. The first kappa shape index (κ1) is 19.0. The number of amides is 1. The average molecular weight is 396 g/mol. The number of hydrogen-bond acceptors (Lipinski definition) is 6. The van der Waals surface area contributed by atoms with E-state index in [0.717, 1.165) is 16.9 Å². The van der Waals surface area contributed by atoms with Gasteiger partial charge in [0.1, 0.15) is 23.4 Å². The van der Waals surface area contributed by atoms with E-state index in [4.69, 9.17) is 4.74 Å². The van der Waals surface area contributed by atoms with Crippen molar-refractivity contribution in [3.63, 3.8) is 0 Å². The molecule has 1 fully saturated rings. The number of hydrazine groups is 1. The summed E-state index contributed by atoms with van der Waals surface area (Å²) in [6.45, 7) is 0. The lowest BCUT2D eigenvalue weighted by Gasteiger charge is -2.10.